The molecule has 1 N–H and O–H groups in total. The Balaban J connectivity index is 2.21. The summed E-state index contributed by atoms with van der Waals surface area (Å²) in [5, 5.41) is 10.0. The summed E-state index contributed by atoms with van der Waals surface area (Å²) in [6, 6.07) is 0. The molecule has 1 aromatic heterocycles. The predicted molar refractivity (Wildman–Crippen MR) is 72.0 cm³/mol. The molecule has 2 heterocycles. The lowest BCUT2D eigenvalue weighted by Crippen LogP contribution is -2.36. The highest BCUT2D eigenvalue weighted by Gasteiger charge is 2.24. The number of nitrogens with zero attached hydrogens (tertiary/aromatic N) is 4. The van der Waals surface area contributed by atoms with E-state index in [-0.39, 0.29) is 5.91 Å². The molecular formula is C13H20N4O2. The number of hydrogen-bond donors (Lipinski definition) is 1. The highest BCUT2D eigenvalue weighted by Crippen LogP contribution is 2.17. The number of aliphatic hydroxyl groups is 1. The van der Waals surface area contributed by atoms with E-state index in [4.69, 9.17) is 0 Å². The molecule has 1 amide bonds. The zero-order valence-corrected chi connectivity index (χ0v) is 11.6. The second-order valence-corrected chi connectivity index (χ2v) is 4.99. The van der Waals surface area contributed by atoms with Crippen molar-refractivity contribution >= 4 is 11.7 Å². The SMILES string of the molecule is CC(=O)N1CCN(c2nc(C)cnc2C)C[C@H](O)C1. The molecule has 1 aliphatic heterocycles. The lowest BCUT2D eigenvalue weighted by Gasteiger charge is -2.24. The first-order valence-corrected chi connectivity index (χ1v) is 6.46. The molecule has 104 valence electrons. The van der Waals surface area contributed by atoms with E-state index in [2.05, 4.69) is 9.97 Å². The van der Waals surface area contributed by atoms with E-state index in [1.807, 2.05) is 18.7 Å². The monoisotopic (exact) mass is 264 g/mol. The van der Waals surface area contributed by atoms with Crippen LogP contribution < -0.4 is 4.90 Å². The van der Waals surface area contributed by atoms with Crippen LogP contribution in [0.3, 0.4) is 0 Å². The van der Waals surface area contributed by atoms with Crippen molar-refractivity contribution in [3.63, 3.8) is 0 Å². The van der Waals surface area contributed by atoms with Crippen molar-refractivity contribution in [3.05, 3.63) is 17.6 Å². The molecule has 1 saturated heterocycles. The van der Waals surface area contributed by atoms with E-state index in [1.165, 1.54) is 6.92 Å². The number of carbonyl (C=O) groups is 1. The van der Waals surface area contributed by atoms with Crippen molar-refractivity contribution in [1.29, 1.82) is 0 Å². The summed E-state index contributed by atoms with van der Waals surface area (Å²) in [5.41, 5.74) is 1.69. The maximum atomic E-state index is 11.4. The Hall–Kier alpha value is -1.69. The van der Waals surface area contributed by atoms with Gasteiger partial charge in [0.2, 0.25) is 5.91 Å². The average Bonchev–Trinajstić information content (AvgIpc) is 2.54. The number of aliphatic hydroxyl groups excluding tert-OH is 1. The van der Waals surface area contributed by atoms with E-state index in [1.54, 1.807) is 11.1 Å². The lowest BCUT2D eigenvalue weighted by molar-refractivity contribution is -0.129. The topological polar surface area (TPSA) is 69.6 Å². The van der Waals surface area contributed by atoms with Crippen LogP contribution in [0.15, 0.2) is 6.20 Å². The van der Waals surface area contributed by atoms with E-state index >= 15 is 0 Å². The predicted octanol–water partition coefficient (Wildman–Crippen LogP) is 0.123. The number of aromatic nitrogens is 2. The minimum absolute atomic E-state index is 0.00653. The molecule has 6 nitrogen and oxygen atoms in total. The molecule has 0 aromatic carbocycles. The fourth-order valence-corrected chi connectivity index (χ4v) is 2.29. The zero-order valence-electron chi connectivity index (χ0n) is 11.6. The van der Waals surface area contributed by atoms with Gasteiger partial charge in [0.15, 0.2) is 0 Å². The lowest BCUT2D eigenvalue weighted by atomic mass is 10.3. The highest BCUT2D eigenvalue weighted by atomic mass is 16.3. The Morgan fingerprint density at radius 1 is 1.37 bits per heavy atom. The number of carbonyl (C=O) groups excluding carboxylic acids is 1. The van der Waals surface area contributed by atoms with E-state index in [0.717, 1.165) is 17.2 Å². The van der Waals surface area contributed by atoms with Gasteiger partial charge in [0.05, 0.1) is 17.5 Å². The van der Waals surface area contributed by atoms with Gasteiger partial charge in [-0.2, -0.15) is 0 Å². The number of anilines is 1. The summed E-state index contributed by atoms with van der Waals surface area (Å²) in [4.78, 5) is 23.9. The Kier molecular flexibility index (Phi) is 3.99. The Morgan fingerprint density at radius 3 is 2.79 bits per heavy atom. The number of aryl methyl sites for hydroxylation is 2. The first-order valence-electron chi connectivity index (χ1n) is 6.46. The molecule has 1 aromatic rings. The van der Waals surface area contributed by atoms with Crippen LogP contribution in [0.2, 0.25) is 0 Å². The van der Waals surface area contributed by atoms with Crippen molar-refractivity contribution in [2.24, 2.45) is 0 Å². The average molecular weight is 264 g/mol. The standard InChI is InChI=1S/C13H20N4O2/c1-9-6-14-10(2)13(15-9)17-5-4-16(11(3)18)7-12(19)8-17/h6,12,19H,4-5,7-8H2,1-3H3/t12-/m1/s1. The third kappa shape index (κ3) is 3.20. The van der Waals surface area contributed by atoms with E-state index in [0.29, 0.717) is 26.2 Å². The first kappa shape index (κ1) is 13.7. The molecule has 0 spiro atoms. The fourth-order valence-electron chi connectivity index (χ4n) is 2.29. The van der Waals surface area contributed by atoms with Crippen molar-refractivity contribution in [2.75, 3.05) is 31.1 Å². The number of rotatable bonds is 1. The van der Waals surface area contributed by atoms with Crippen LogP contribution in [0, 0.1) is 13.8 Å². The van der Waals surface area contributed by atoms with Gasteiger partial charge in [0.1, 0.15) is 5.82 Å². The molecule has 0 aliphatic carbocycles. The second-order valence-electron chi connectivity index (χ2n) is 4.99. The van der Waals surface area contributed by atoms with Crippen LogP contribution in [-0.4, -0.2) is 58.2 Å². The normalized spacial score (nSPS) is 20.3. The molecule has 1 atom stereocenters. The van der Waals surface area contributed by atoms with Crippen LogP contribution in [0.4, 0.5) is 5.82 Å². The van der Waals surface area contributed by atoms with Crippen LogP contribution in [0.1, 0.15) is 18.3 Å². The molecule has 1 aliphatic rings. The van der Waals surface area contributed by atoms with Crippen molar-refractivity contribution < 1.29 is 9.90 Å². The largest absolute Gasteiger partial charge is 0.389 e. The number of amides is 1. The molecule has 0 saturated carbocycles. The number of β-amino-alcohol motifs (C(OH)–C–C–N with tert-alkyl or cyclic N) is 1. The summed E-state index contributed by atoms with van der Waals surface area (Å²) in [6.45, 7) is 7.44. The molecule has 0 bridgehead atoms. The summed E-state index contributed by atoms with van der Waals surface area (Å²) in [6.07, 6.45) is 1.17. The van der Waals surface area contributed by atoms with Gasteiger partial charge in [0, 0.05) is 39.3 Å². The van der Waals surface area contributed by atoms with Gasteiger partial charge in [-0.15, -0.1) is 0 Å². The van der Waals surface area contributed by atoms with Gasteiger partial charge in [-0.05, 0) is 13.8 Å². The molecule has 6 heteroatoms. The smallest absolute Gasteiger partial charge is 0.219 e. The summed E-state index contributed by atoms with van der Waals surface area (Å²) < 4.78 is 0. The van der Waals surface area contributed by atoms with Crippen molar-refractivity contribution in [3.8, 4) is 0 Å². The first-order chi connectivity index (χ1) is 8.97. The van der Waals surface area contributed by atoms with Gasteiger partial charge >= 0.3 is 0 Å². The van der Waals surface area contributed by atoms with E-state index < -0.39 is 6.10 Å². The van der Waals surface area contributed by atoms with Crippen LogP contribution in [0.25, 0.3) is 0 Å². The van der Waals surface area contributed by atoms with Gasteiger partial charge in [-0.25, -0.2) is 4.98 Å². The minimum atomic E-state index is -0.562. The Bertz CT molecular complexity index is 478. The van der Waals surface area contributed by atoms with Gasteiger partial charge in [-0.1, -0.05) is 0 Å². The second kappa shape index (κ2) is 5.52. The van der Waals surface area contributed by atoms with Gasteiger partial charge in [0.25, 0.3) is 0 Å². The minimum Gasteiger partial charge on any atom is -0.389 e. The Labute approximate surface area is 113 Å². The quantitative estimate of drug-likeness (QED) is 0.780. The molecule has 0 radical (unpaired) electrons. The van der Waals surface area contributed by atoms with E-state index in [9.17, 15) is 9.90 Å². The summed E-state index contributed by atoms with van der Waals surface area (Å²) in [5.74, 6) is 0.789. The molecular weight excluding hydrogens is 244 g/mol. The summed E-state index contributed by atoms with van der Waals surface area (Å²) >= 11 is 0. The maximum Gasteiger partial charge on any atom is 0.219 e. The molecule has 0 unspecified atom stereocenters. The maximum absolute atomic E-state index is 11.4. The van der Waals surface area contributed by atoms with Crippen molar-refractivity contribution in [2.45, 2.75) is 26.9 Å². The van der Waals surface area contributed by atoms with Crippen LogP contribution in [0.5, 0.6) is 0 Å². The fraction of sp³-hybridized carbons (Fsp3) is 0.615. The van der Waals surface area contributed by atoms with Crippen LogP contribution in [-0.2, 0) is 4.79 Å². The third-order valence-electron chi connectivity index (χ3n) is 3.30. The zero-order chi connectivity index (χ0) is 14.0. The number of hydrogen-bond acceptors (Lipinski definition) is 5. The third-order valence-corrected chi connectivity index (χ3v) is 3.30. The molecule has 1 fully saturated rings. The Morgan fingerprint density at radius 2 is 2.11 bits per heavy atom. The van der Waals surface area contributed by atoms with Crippen LogP contribution >= 0.6 is 0 Å². The van der Waals surface area contributed by atoms with Gasteiger partial charge < -0.3 is 14.9 Å². The molecule has 2 rings (SSSR count). The van der Waals surface area contributed by atoms with Gasteiger partial charge in [-0.3, -0.25) is 9.78 Å². The molecule has 19 heavy (non-hydrogen) atoms. The highest BCUT2D eigenvalue weighted by molar-refractivity contribution is 5.73. The van der Waals surface area contributed by atoms with Crippen molar-refractivity contribution in [1.82, 2.24) is 14.9 Å². The summed E-state index contributed by atoms with van der Waals surface area (Å²) in [7, 11) is 0.